The second kappa shape index (κ2) is 15.6. The number of carbonyl (C=O) groups is 2. The number of rotatable bonds is 11. The van der Waals surface area contributed by atoms with Gasteiger partial charge in [-0.3, -0.25) is 9.59 Å². The van der Waals surface area contributed by atoms with Crippen LogP contribution in [0.1, 0.15) is 61.3 Å². The van der Waals surface area contributed by atoms with Gasteiger partial charge in [-0.05, 0) is 101 Å². The molecule has 2 aliphatic rings. The fourth-order valence-electron chi connectivity index (χ4n) is 7.25. The Balaban J connectivity index is 1.50. The summed E-state index contributed by atoms with van der Waals surface area (Å²) in [5.74, 6) is -5.33. The molecule has 4 atom stereocenters. The number of imide groups is 1. The van der Waals surface area contributed by atoms with E-state index in [-0.39, 0.29) is 30.4 Å². The van der Waals surface area contributed by atoms with E-state index in [1.807, 2.05) is 65.9 Å². The van der Waals surface area contributed by atoms with Gasteiger partial charge >= 0.3 is 12.4 Å². The number of nitrogens with zero attached hydrogens (tertiary/aromatic N) is 1. The van der Waals surface area contributed by atoms with Gasteiger partial charge in [-0.2, -0.15) is 26.3 Å². The van der Waals surface area contributed by atoms with Gasteiger partial charge in [0.1, 0.15) is 0 Å². The third-order valence-corrected chi connectivity index (χ3v) is 10.4. The molecule has 2 amide bonds. The van der Waals surface area contributed by atoms with Crippen molar-refractivity contribution < 1.29 is 56.0 Å². The summed E-state index contributed by atoms with van der Waals surface area (Å²) in [5.41, 5.74) is -0.883. The first-order chi connectivity index (χ1) is 24.5. The number of phenolic OH excluding ortho intramolecular Hbond substituents is 1. The van der Waals surface area contributed by atoms with Gasteiger partial charge in [-0.1, -0.05) is 55.3 Å². The zero-order chi connectivity index (χ0) is 38.1. The van der Waals surface area contributed by atoms with E-state index in [2.05, 4.69) is 0 Å². The van der Waals surface area contributed by atoms with Crippen LogP contribution in [-0.4, -0.2) is 47.0 Å². The van der Waals surface area contributed by atoms with Crippen molar-refractivity contribution in [3.63, 3.8) is 0 Å². The summed E-state index contributed by atoms with van der Waals surface area (Å²) in [6, 6.07) is 13.4. The second-order valence-corrected chi connectivity index (χ2v) is 14.0. The number of ether oxygens (including phenoxy) is 1. The fourth-order valence-corrected chi connectivity index (χ4v) is 7.88. The molecule has 0 spiro atoms. The molecule has 7 nitrogen and oxygen atoms in total. The molecule has 3 aromatic carbocycles. The van der Waals surface area contributed by atoms with Crippen LogP contribution in [0.25, 0.3) is 11.6 Å². The number of anilines is 1. The van der Waals surface area contributed by atoms with Gasteiger partial charge in [0.25, 0.3) is 0 Å². The van der Waals surface area contributed by atoms with Crippen molar-refractivity contribution in [2.75, 3.05) is 18.6 Å². The molecular formula is C38H36F6INO6. The molecule has 1 aliphatic carbocycles. The first kappa shape index (κ1) is 39.3. The third kappa shape index (κ3) is 8.03. The van der Waals surface area contributed by atoms with Crippen molar-refractivity contribution in [2.45, 2.75) is 57.5 Å². The van der Waals surface area contributed by atoms with Crippen molar-refractivity contribution in [1.29, 1.82) is 0 Å². The monoisotopic (exact) mass is 843 g/mol. The lowest BCUT2D eigenvalue weighted by Gasteiger charge is -2.36. The number of methoxy groups -OCH3 is 1. The predicted octanol–water partition coefficient (Wildman–Crippen LogP) is 8.64. The summed E-state index contributed by atoms with van der Waals surface area (Å²) in [5, 5.41) is 32.8. The number of aromatic hydroxyl groups is 1. The lowest BCUT2D eigenvalue weighted by Crippen LogP contribution is -2.39. The maximum Gasteiger partial charge on any atom is 0.416 e. The van der Waals surface area contributed by atoms with Gasteiger partial charge in [0.15, 0.2) is 11.5 Å². The summed E-state index contributed by atoms with van der Waals surface area (Å²) in [4.78, 5) is 28.0. The molecule has 1 heterocycles. The first-order valence-electron chi connectivity index (χ1n) is 16.5. The van der Waals surface area contributed by atoms with Gasteiger partial charge in [0.05, 0.1) is 52.0 Å². The molecule has 3 aromatic rings. The average Bonchev–Trinajstić information content (AvgIpc) is 3.35. The minimum atomic E-state index is -5.20. The molecule has 5 rings (SSSR count). The number of aliphatic hydroxyl groups excluding tert-OH is 2. The number of allylic oxidation sites excluding steroid dienone is 2. The predicted molar refractivity (Wildman–Crippen MR) is 190 cm³/mol. The van der Waals surface area contributed by atoms with Crippen LogP contribution in [0.5, 0.6) is 11.5 Å². The molecule has 0 aromatic heterocycles. The first-order valence-corrected chi connectivity index (χ1v) is 17.6. The lowest BCUT2D eigenvalue weighted by molar-refractivity contribution is -0.143. The fraction of sp³-hybridized carbons (Fsp3) is 0.368. The number of benzene rings is 3. The Morgan fingerprint density at radius 3 is 2.19 bits per heavy atom. The zero-order valence-electron chi connectivity index (χ0n) is 28.1. The van der Waals surface area contributed by atoms with Gasteiger partial charge in [0.2, 0.25) is 11.8 Å². The summed E-state index contributed by atoms with van der Waals surface area (Å²) in [6.45, 7) is 1.16. The molecule has 52 heavy (non-hydrogen) atoms. The number of phenols is 1. The molecule has 14 heteroatoms. The van der Waals surface area contributed by atoms with Crippen LogP contribution in [0.2, 0.25) is 0 Å². The third-order valence-electron chi connectivity index (χ3n) is 9.57. The number of hydrogen-bond donors (Lipinski definition) is 3. The zero-order valence-corrected chi connectivity index (χ0v) is 30.2. The summed E-state index contributed by atoms with van der Waals surface area (Å²) < 4.78 is 88.0. The molecule has 0 bridgehead atoms. The Bertz CT molecular complexity index is 1860. The highest BCUT2D eigenvalue weighted by Crippen LogP contribution is 2.49. The van der Waals surface area contributed by atoms with Crippen molar-refractivity contribution >= 4 is 51.7 Å². The Hall–Kier alpha value is -3.89. The number of amides is 2. The van der Waals surface area contributed by atoms with Crippen molar-refractivity contribution in [3.8, 4) is 11.5 Å². The number of hydrogen-bond acceptors (Lipinski definition) is 6. The molecule has 0 unspecified atom stereocenters. The molecule has 0 saturated carbocycles. The van der Waals surface area contributed by atoms with Crippen molar-refractivity contribution in [3.05, 3.63) is 97.6 Å². The van der Waals surface area contributed by atoms with Gasteiger partial charge in [0, 0.05) is 5.92 Å². The van der Waals surface area contributed by atoms with Crippen LogP contribution in [0, 0.1) is 21.3 Å². The minimum absolute atomic E-state index is 0.00896. The number of alkyl halides is 6. The summed E-state index contributed by atoms with van der Waals surface area (Å²) in [6.07, 6.45) is -8.44. The van der Waals surface area contributed by atoms with Crippen molar-refractivity contribution in [2.24, 2.45) is 17.8 Å². The normalized spacial score (nSPS) is 20.4. The molecule has 3 N–H and O–H groups in total. The van der Waals surface area contributed by atoms with E-state index in [1.165, 1.54) is 7.11 Å². The average molecular weight is 844 g/mol. The van der Waals surface area contributed by atoms with Crippen molar-refractivity contribution in [1.82, 2.24) is 0 Å². The Morgan fingerprint density at radius 2 is 1.63 bits per heavy atom. The summed E-state index contributed by atoms with van der Waals surface area (Å²) in [7, 11) is 1.43. The largest absolute Gasteiger partial charge is 0.504 e. The number of aliphatic hydroxyl groups is 2. The van der Waals surface area contributed by atoms with Crippen LogP contribution in [0.4, 0.5) is 32.0 Å². The Kier molecular flexibility index (Phi) is 11.8. The van der Waals surface area contributed by atoms with E-state index in [0.29, 0.717) is 56.6 Å². The molecule has 1 aliphatic heterocycles. The topological polar surface area (TPSA) is 107 Å². The van der Waals surface area contributed by atoms with Gasteiger partial charge < -0.3 is 20.1 Å². The highest BCUT2D eigenvalue weighted by molar-refractivity contribution is 14.1. The maximum atomic E-state index is 13.9. The van der Waals surface area contributed by atoms with Crippen LogP contribution in [0.15, 0.2) is 71.8 Å². The maximum absolute atomic E-state index is 13.9. The van der Waals surface area contributed by atoms with E-state index in [1.54, 1.807) is 12.1 Å². The smallest absolute Gasteiger partial charge is 0.416 e. The van der Waals surface area contributed by atoms with Gasteiger partial charge in [-0.15, -0.1) is 0 Å². The molecule has 1 fully saturated rings. The second-order valence-electron chi connectivity index (χ2n) is 12.9. The molecule has 1 saturated heterocycles. The highest BCUT2D eigenvalue weighted by atomic mass is 127. The lowest BCUT2D eigenvalue weighted by atomic mass is 9.67. The van der Waals surface area contributed by atoms with E-state index >= 15 is 0 Å². The van der Waals surface area contributed by atoms with Crippen LogP contribution < -0.4 is 9.64 Å². The Morgan fingerprint density at radius 1 is 1.00 bits per heavy atom. The number of halogens is 7. The van der Waals surface area contributed by atoms with Crippen LogP contribution in [-0.2, 0) is 21.9 Å². The number of fused-ring (bicyclic) bond motifs is 1. The molecular weight excluding hydrogens is 807 g/mol. The highest BCUT2D eigenvalue weighted by Gasteiger charge is 2.55. The minimum Gasteiger partial charge on any atom is -0.504 e. The van der Waals surface area contributed by atoms with Gasteiger partial charge in [-0.25, -0.2) is 4.90 Å². The van der Waals surface area contributed by atoms with Crippen LogP contribution in [0.3, 0.4) is 0 Å². The summed E-state index contributed by atoms with van der Waals surface area (Å²) >= 11 is 1.98. The van der Waals surface area contributed by atoms with Crippen LogP contribution >= 0.6 is 22.6 Å². The van der Waals surface area contributed by atoms with E-state index in [0.717, 1.165) is 11.1 Å². The molecule has 0 radical (unpaired) electrons. The SMILES string of the molecule is CCCC1=C([C@H](O)CC/C(=C/c2cc(I)c(O)c(OC)c2)c2ccccc2)[C@H](CO)[C@@H]2C(=O)N(c3cc(C(F)(F)F)cc(C(F)(F)F)c3)C(=O)[C@@H]2C1. The van der Waals surface area contributed by atoms with E-state index < -0.39 is 71.4 Å². The quantitative estimate of drug-likeness (QED) is 0.0587. The molecule has 278 valence electrons. The van der Waals surface area contributed by atoms with E-state index in [4.69, 9.17) is 4.74 Å². The Labute approximate surface area is 309 Å². The number of carbonyl (C=O) groups excluding carboxylic acids is 2. The van der Waals surface area contributed by atoms with E-state index in [9.17, 15) is 51.3 Å². The standard InChI is InChI=1S/C38H36F6INO6/c1-3-7-23-15-27-33(36(51)46(35(27)50)26-17-24(37(39,40)41)16-25(18-26)38(42,43)44)28(19-47)32(23)30(48)11-10-22(21-8-5-4-6-9-21)12-20-13-29(45)34(49)31(14-20)52-2/h4-6,8-9,12-14,16-18,27-28,30,33,47-49H,3,7,10-11,15,19H2,1-2H3/b22-12-/t27-,28+,30-,33-/m1/s1.